The number of likely N-dealkylation sites (tertiary alicyclic amines) is 1. The van der Waals surface area contributed by atoms with E-state index < -0.39 is 5.97 Å². The Hall–Kier alpha value is -1.30. The molecule has 6 nitrogen and oxygen atoms in total. The number of carbonyl (C=O) groups is 2. The number of nitrogens with one attached hydrogen (secondary N) is 1. The first-order valence-electron chi connectivity index (χ1n) is 7.91. The summed E-state index contributed by atoms with van der Waals surface area (Å²) in [5.74, 6) is -0.553. The van der Waals surface area contributed by atoms with Crippen molar-refractivity contribution in [3.05, 3.63) is 0 Å². The average molecular weight is 297 g/mol. The summed E-state index contributed by atoms with van der Waals surface area (Å²) in [7, 11) is 3.55. The lowest BCUT2D eigenvalue weighted by Crippen LogP contribution is -2.48. The molecule has 1 aliphatic heterocycles. The van der Waals surface area contributed by atoms with Crippen LogP contribution in [0.15, 0.2) is 0 Å². The minimum atomic E-state index is -0.648. The van der Waals surface area contributed by atoms with Crippen molar-refractivity contribution >= 4 is 12.0 Å². The van der Waals surface area contributed by atoms with Gasteiger partial charge < -0.3 is 20.2 Å². The SMILES string of the molecule is CN(C)C(=O)N1CCC(NCC2CCCC2C(=O)O)CC1. The second-order valence-corrected chi connectivity index (χ2v) is 6.48. The van der Waals surface area contributed by atoms with Gasteiger partial charge in [0.1, 0.15) is 0 Å². The predicted molar refractivity (Wildman–Crippen MR) is 80.1 cm³/mol. The average Bonchev–Trinajstić information content (AvgIpc) is 2.93. The lowest BCUT2D eigenvalue weighted by atomic mass is 9.95. The van der Waals surface area contributed by atoms with Crippen molar-refractivity contribution in [2.24, 2.45) is 11.8 Å². The highest BCUT2D eigenvalue weighted by Crippen LogP contribution is 2.31. The standard InChI is InChI=1S/C15H27N3O3/c1-17(2)15(21)18-8-6-12(7-9-18)16-10-11-4-3-5-13(11)14(19)20/h11-13,16H,3-10H2,1-2H3,(H,19,20). The Balaban J connectivity index is 1.72. The van der Waals surface area contributed by atoms with E-state index >= 15 is 0 Å². The normalized spacial score (nSPS) is 26.9. The van der Waals surface area contributed by atoms with Crippen LogP contribution in [-0.4, -0.2) is 66.7 Å². The van der Waals surface area contributed by atoms with Gasteiger partial charge in [0.2, 0.25) is 0 Å². The number of urea groups is 1. The smallest absolute Gasteiger partial charge is 0.319 e. The van der Waals surface area contributed by atoms with E-state index in [1.54, 1.807) is 19.0 Å². The number of amides is 2. The second kappa shape index (κ2) is 7.11. The minimum absolute atomic E-state index is 0.0789. The van der Waals surface area contributed by atoms with Crippen LogP contribution in [0, 0.1) is 11.8 Å². The van der Waals surface area contributed by atoms with Gasteiger partial charge in [0, 0.05) is 33.2 Å². The molecule has 21 heavy (non-hydrogen) atoms. The number of carbonyl (C=O) groups excluding carboxylic acids is 1. The fourth-order valence-electron chi connectivity index (χ4n) is 3.48. The van der Waals surface area contributed by atoms with E-state index in [9.17, 15) is 14.7 Å². The van der Waals surface area contributed by atoms with Gasteiger partial charge in [0.05, 0.1) is 5.92 Å². The Morgan fingerprint density at radius 3 is 2.43 bits per heavy atom. The molecule has 1 aliphatic carbocycles. The first kappa shape index (κ1) is 16.1. The molecule has 2 amide bonds. The van der Waals surface area contributed by atoms with E-state index in [4.69, 9.17) is 0 Å². The van der Waals surface area contributed by atoms with E-state index in [-0.39, 0.29) is 17.9 Å². The molecule has 1 heterocycles. The fraction of sp³-hybridized carbons (Fsp3) is 0.867. The summed E-state index contributed by atoms with van der Waals surface area (Å²) in [6.07, 6.45) is 4.76. The Labute approximate surface area is 126 Å². The van der Waals surface area contributed by atoms with Crippen molar-refractivity contribution in [3.63, 3.8) is 0 Å². The van der Waals surface area contributed by atoms with E-state index in [1.807, 2.05) is 4.90 Å². The molecule has 2 atom stereocenters. The molecule has 2 N–H and O–H groups in total. The molecule has 1 saturated heterocycles. The molecule has 2 rings (SSSR count). The number of aliphatic carboxylic acids is 1. The number of carboxylic acid groups (broad SMARTS) is 1. The summed E-state index contributed by atoms with van der Waals surface area (Å²) in [5, 5.41) is 12.7. The van der Waals surface area contributed by atoms with Crippen LogP contribution in [0.3, 0.4) is 0 Å². The monoisotopic (exact) mass is 297 g/mol. The van der Waals surface area contributed by atoms with E-state index in [2.05, 4.69) is 5.32 Å². The summed E-state index contributed by atoms with van der Waals surface area (Å²) in [6.45, 7) is 2.35. The number of hydrogen-bond acceptors (Lipinski definition) is 3. The number of carboxylic acids is 1. The lowest BCUT2D eigenvalue weighted by molar-refractivity contribution is -0.142. The molecule has 0 aromatic heterocycles. The van der Waals surface area contributed by atoms with Crippen LogP contribution in [0.25, 0.3) is 0 Å². The topological polar surface area (TPSA) is 72.9 Å². The molecule has 1 saturated carbocycles. The highest BCUT2D eigenvalue weighted by atomic mass is 16.4. The zero-order valence-electron chi connectivity index (χ0n) is 13.0. The van der Waals surface area contributed by atoms with Crippen molar-refractivity contribution in [1.29, 1.82) is 0 Å². The zero-order valence-corrected chi connectivity index (χ0v) is 13.0. The van der Waals surface area contributed by atoms with Crippen LogP contribution in [0.5, 0.6) is 0 Å². The summed E-state index contributed by atoms with van der Waals surface area (Å²) in [6, 6.07) is 0.487. The maximum absolute atomic E-state index is 11.9. The quantitative estimate of drug-likeness (QED) is 0.818. The Morgan fingerprint density at radius 1 is 1.19 bits per heavy atom. The first-order chi connectivity index (χ1) is 9.99. The Morgan fingerprint density at radius 2 is 1.86 bits per heavy atom. The molecule has 0 aromatic carbocycles. The van der Waals surface area contributed by atoms with Crippen LogP contribution in [-0.2, 0) is 4.79 Å². The van der Waals surface area contributed by atoms with Crippen molar-refractivity contribution in [1.82, 2.24) is 15.1 Å². The largest absolute Gasteiger partial charge is 0.481 e. The van der Waals surface area contributed by atoms with Crippen LogP contribution in [0.4, 0.5) is 4.79 Å². The molecule has 120 valence electrons. The zero-order chi connectivity index (χ0) is 15.4. The highest BCUT2D eigenvalue weighted by molar-refractivity contribution is 5.73. The van der Waals surface area contributed by atoms with Gasteiger partial charge in [-0.3, -0.25) is 4.79 Å². The van der Waals surface area contributed by atoms with Crippen molar-refractivity contribution in [3.8, 4) is 0 Å². The van der Waals surface area contributed by atoms with Gasteiger partial charge in [-0.2, -0.15) is 0 Å². The van der Waals surface area contributed by atoms with Crippen LogP contribution in [0.1, 0.15) is 32.1 Å². The minimum Gasteiger partial charge on any atom is -0.481 e. The molecule has 2 fully saturated rings. The van der Waals surface area contributed by atoms with E-state index in [0.29, 0.717) is 6.04 Å². The fourth-order valence-corrected chi connectivity index (χ4v) is 3.48. The van der Waals surface area contributed by atoms with E-state index in [0.717, 1.165) is 51.7 Å². The first-order valence-corrected chi connectivity index (χ1v) is 7.91. The van der Waals surface area contributed by atoms with Gasteiger partial charge >= 0.3 is 12.0 Å². The van der Waals surface area contributed by atoms with Crippen molar-refractivity contribution < 1.29 is 14.7 Å². The summed E-state index contributed by atoms with van der Waals surface area (Å²) < 4.78 is 0. The molecule has 2 aliphatic rings. The van der Waals surface area contributed by atoms with Crippen molar-refractivity contribution in [2.45, 2.75) is 38.1 Å². The number of nitrogens with zero attached hydrogens (tertiary/aromatic N) is 2. The third kappa shape index (κ3) is 4.09. The van der Waals surface area contributed by atoms with Crippen molar-refractivity contribution in [2.75, 3.05) is 33.7 Å². The molecule has 0 aromatic rings. The maximum Gasteiger partial charge on any atom is 0.319 e. The van der Waals surface area contributed by atoms with E-state index in [1.165, 1.54) is 0 Å². The summed E-state index contributed by atoms with van der Waals surface area (Å²) in [4.78, 5) is 26.5. The van der Waals surface area contributed by atoms with Gasteiger partial charge in [-0.25, -0.2) is 4.79 Å². The highest BCUT2D eigenvalue weighted by Gasteiger charge is 2.33. The van der Waals surface area contributed by atoms with Gasteiger partial charge in [-0.1, -0.05) is 6.42 Å². The summed E-state index contributed by atoms with van der Waals surface area (Å²) >= 11 is 0. The second-order valence-electron chi connectivity index (χ2n) is 6.48. The molecule has 2 unspecified atom stereocenters. The van der Waals surface area contributed by atoms with Gasteiger partial charge in [-0.05, 0) is 38.1 Å². The maximum atomic E-state index is 11.9. The molecule has 6 heteroatoms. The van der Waals surface area contributed by atoms with Gasteiger partial charge in [0.15, 0.2) is 0 Å². The molecule has 0 bridgehead atoms. The van der Waals surface area contributed by atoms with Crippen LogP contribution < -0.4 is 5.32 Å². The molecule has 0 spiro atoms. The van der Waals surface area contributed by atoms with Gasteiger partial charge in [-0.15, -0.1) is 0 Å². The molecule has 0 radical (unpaired) electrons. The third-order valence-corrected chi connectivity index (χ3v) is 4.79. The van der Waals surface area contributed by atoms with Gasteiger partial charge in [0.25, 0.3) is 0 Å². The van der Waals surface area contributed by atoms with Crippen LogP contribution >= 0.6 is 0 Å². The summed E-state index contributed by atoms with van der Waals surface area (Å²) in [5.41, 5.74) is 0. The predicted octanol–water partition coefficient (Wildman–Crippen LogP) is 1.22. The molecular formula is C15H27N3O3. The Kier molecular flexibility index (Phi) is 5.45. The van der Waals surface area contributed by atoms with Crippen LogP contribution in [0.2, 0.25) is 0 Å². The third-order valence-electron chi connectivity index (χ3n) is 4.79. The molecular weight excluding hydrogens is 270 g/mol. The number of piperidine rings is 1. The number of hydrogen-bond donors (Lipinski definition) is 2. The lowest BCUT2D eigenvalue weighted by Gasteiger charge is -2.34. The Bertz CT molecular complexity index is 378. The number of rotatable bonds is 4.